The molecule has 5 heteroatoms. The Morgan fingerprint density at radius 1 is 1.50 bits per heavy atom. The summed E-state index contributed by atoms with van der Waals surface area (Å²) < 4.78 is 5.71. The molecule has 2 aliphatic rings. The van der Waals surface area contributed by atoms with Crippen molar-refractivity contribution in [3.05, 3.63) is 28.8 Å². The van der Waals surface area contributed by atoms with Crippen molar-refractivity contribution in [2.24, 2.45) is 5.92 Å². The molecule has 0 bridgehead atoms. The van der Waals surface area contributed by atoms with Crippen molar-refractivity contribution in [3.8, 4) is 5.75 Å². The SMILES string of the molecule is CC1CCN(C(=O)C2Cc3cc(Cl)ccc3O2)CC1O. The van der Waals surface area contributed by atoms with Crippen LogP contribution in [0.2, 0.25) is 5.02 Å². The van der Waals surface area contributed by atoms with E-state index in [1.165, 1.54) is 0 Å². The number of amides is 1. The number of piperidine rings is 1. The monoisotopic (exact) mass is 295 g/mol. The van der Waals surface area contributed by atoms with Crippen LogP contribution in [0.1, 0.15) is 18.9 Å². The predicted molar refractivity (Wildman–Crippen MR) is 75.9 cm³/mol. The molecule has 3 atom stereocenters. The summed E-state index contributed by atoms with van der Waals surface area (Å²) in [6.07, 6.45) is 0.463. The molecule has 1 N–H and O–H groups in total. The average Bonchev–Trinajstić information content (AvgIpc) is 2.84. The largest absolute Gasteiger partial charge is 0.480 e. The second kappa shape index (κ2) is 5.26. The maximum atomic E-state index is 12.5. The van der Waals surface area contributed by atoms with Gasteiger partial charge < -0.3 is 14.7 Å². The third-order valence-electron chi connectivity index (χ3n) is 4.20. The Labute approximate surface area is 123 Å². The number of halogens is 1. The van der Waals surface area contributed by atoms with E-state index in [1.54, 1.807) is 17.0 Å². The zero-order valence-electron chi connectivity index (χ0n) is 11.4. The van der Waals surface area contributed by atoms with Crippen LogP contribution >= 0.6 is 11.6 Å². The number of carbonyl (C=O) groups excluding carboxylic acids is 1. The van der Waals surface area contributed by atoms with Gasteiger partial charge in [0.25, 0.3) is 5.91 Å². The summed E-state index contributed by atoms with van der Waals surface area (Å²) in [4.78, 5) is 14.2. The van der Waals surface area contributed by atoms with E-state index in [4.69, 9.17) is 16.3 Å². The first-order valence-corrected chi connectivity index (χ1v) is 7.34. The zero-order valence-corrected chi connectivity index (χ0v) is 12.1. The number of carbonyl (C=O) groups is 1. The van der Waals surface area contributed by atoms with Crippen LogP contribution in [0.3, 0.4) is 0 Å². The Balaban J connectivity index is 1.68. The number of likely N-dealkylation sites (tertiary alicyclic amines) is 1. The maximum Gasteiger partial charge on any atom is 0.264 e. The van der Waals surface area contributed by atoms with Gasteiger partial charge in [0.2, 0.25) is 0 Å². The Hall–Kier alpha value is -1.26. The highest BCUT2D eigenvalue weighted by Crippen LogP contribution is 2.32. The van der Waals surface area contributed by atoms with Crippen molar-refractivity contribution in [1.82, 2.24) is 4.90 Å². The zero-order chi connectivity index (χ0) is 14.3. The quantitative estimate of drug-likeness (QED) is 0.860. The number of rotatable bonds is 1. The van der Waals surface area contributed by atoms with Gasteiger partial charge in [-0.05, 0) is 36.1 Å². The molecular weight excluding hydrogens is 278 g/mol. The first-order chi connectivity index (χ1) is 9.54. The van der Waals surface area contributed by atoms with Gasteiger partial charge in [-0.25, -0.2) is 0 Å². The minimum absolute atomic E-state index is 0.0386. The van der Waals surface area contributed by atoms with Crippen molar-refractivity contribution in [2.45, 2.75) is 32.0 Å². The number of fused-ring (bicyclic) bond motifs is 1. The molecule has 1 saturated heterocycles. The molecule has 1 amide bonds. The molecule has 0 radical (unpaired) electrons. The van der Waals surface area contributed by atoms with Crippen LogP contribution in [0.15, 0.2) is 18.2 Å². The summed E-state index contributed by atoms with van der Waals surface area (Å²) in [6, 6.07) is 5.41. The molecule has 1 fully saturated rings. The van der Waals surface area contributed by atoms with Crippen molar-refractivity contribution < 1.29 is 14.6 Å². The molecule has 3 rings (SSSR count). The molecule has 0 saturated carbocycles. The van der Waals surface area contributed by atoms with Crippen LogP contribution in [0.5, 0.6) is 5.75 Å². The van der Waals surface area contributed by atoms with Crippen LogP contribution in [0.4, 0.5) is 0 Å². The van der Waals surface area contributed by atoms with Crippen LogP contribution in [0.25, 0.3) is 0 Å². The highest BCUT2D eigenvalue weighted by atomic mass is 35.5. The van der Waals surface area contributed by atoms with Gasteiger partial charge in [0.05, 0.1) is 6.10 Å². The predicted octanol–water partition coefficient (Wildman–Crippen LogP) is 1.87. The van der Waals surface area contributed by atoms with E-state index < -0.39 is 12.2 Å². The minimum atomic E-state index is -0.482. The van der Waals surface area contributed by atoms with E-state index in [-0.39, 0.29) is 11.8 Å². The lowest BCUT2D eigenvalue weighted by molar-refractivity contribution is -0.142. The number of aliphatic hydroxyl groups excluding tert-OH is 1. The summed E-state index contributed by atoms with van der Waals surface area (Å²) in [6.45, 7) is 3.10. The lowest BCUT2D eigenvalue weighted by Crippen LogP contribution is -2.50. The molecule has 1 aromatic carbocycles. The lowest BCUT2D eigenvalue weighted by Gasteiger charge is -2.35. The number of ether oxygens (including phenoxy) is 1. The normalized spacial score (nSPS) is 28.9. The van der Waals surface area contributed by atoms with Gasteiger partial charge in [-0.1, -0.05) is 18.5 Å². The van der Waals surface area contributed by atoms with E-state index in [9.17, 15) is 9.90 Å². The van der Waals surface area contributed by atoms with Gasteiger partial charge >= 0.3 is 0 Å². The molecule has 2 aliphatic heterocycles. The van der Waals surface area contributed by atoms with Gasteiger partial charge in [0, 0.05) is 24.5 Å². The fraction of sp³-hybridized carbons (Fsp3) is 0.533. The molecule has 0 aromatic heterocycles. The molecule has 4 nitrogen and oxygen atoms in total. The molecule has 0 aliphatic carbocycles. The standard InChI is InChI=1S/C15H18ClNO3/c1-9-4-5-17(8-12(9)18)15(19)14-7-10-6-11(16)2-3-13(10)20-14/h2-3,6,9,12,14,18H,4-5,7-8H2,1H3. The number of hydrogen-bond acceptors (Lipinski definition) is 3. The second-order valence-electron chi connectivity index (χ2n) is 5.68. The summed E-state index contributed by atoms with van der Waals surface area (Å²) in [5, 5.41) is 10.6. The van der Waals surface area contributed by atoms with Crippen molar-refractivity contribution >= 4 is 17.5 Å². The van der Waals surface area contributed by atoms with Crippen molar-refractivity contribution in [2.75, 3.05) is 13.1 Å². The van der Waals surface area contributed by atoms with Crippen LogP contribution in [-0.2, 0) is 11.2 Å². The van der Waals surface area contributed by atoms with Gasteiger partial charge in [-0.2, -0.15) is 0 Å². The van der Waals surface area contributed by atoms with Crippen molar-refractivity contribution in [1.29, 1.82) is 0 Å². The highest BCUT2D eigenvalue weighted by molar-refractivity contribution is 6.30. The Morgan fingerprint density at radius 3 is 3.05 bits per heavy atom. The average molecular weight is 296 g/mol. The Bertz CT molecular complexity index is 534. The van der Waals surface area contributed by atoms with E-state index >= 15 is 0 Å². The van der Waals surface area contributed by atoms with Gasteiger partial charge in [-0.3, -0.25) is 4.79 Å². The summed E-state index contributed by atoms with van der Waals surface area (Å²) in [5.74, 6) is 0.946. The molecule has 0 spiro atoms. The third-order valence-corrected chi connectivity index (χ3v) is 4.44. The number of nitrogens with zero attached hydrogens (tertiary/aromatic N) is 1. The van der Waals surface area contributed by atoms with Crippen LogP contribution in [-0.4, -0.2) is 41.2 Å². The number of aliphatic hydroxyl groups is 1. The number of hydrogen-bond donors (Lipinski definition) is 1. The first-order valence-electron chi connectivity index (χ1n) is 6.96. The highest BCUT2D eigenvalue weighted by Gasteiger charge is 2.35. The first kappa shape index (κ1) is 13.7. The Kier molecular flexibility index (Phi) is 3.61. The molecule has 20 heavy (non-hydrogen) atoms. The fourth-order valence-electron chi connectivity index (χ4n) is 2.81. The molecular formula is C15H18ClNO3. The summed E-state index contributed by atoms with van der Waals surface area (Å²) >= 11 is 5.95. The Morgan fingerprint density at radius 2 is 2.30 bits per heavy atom. The van der Waals surface area contributed by atoms with Gasteiger partial charge in [0.15, 0.2) is 6.10 Å². The molecule has 1 aromatic rings. The van der Waals surface area contributed by atoms with E-state index in [0.29, 0.717) is 24.5 Å². The minimum Gasteiger partial charge on any atom is -0.480 e. The van der Waals surface area contributed by atoms with E-state index in [0.717, 1.165) is 17.7 Å². The fourth-order valence-corrected chi connectivity index (χ4v) is 3.00. The topological polar surface area (TPSA) is 49.8 Å². The number of β-amino-alcohol motifs (C(OH)–C–C–N with tert-alkyl or cyclic N) is 1. The second-order valence-corrected chi connectivity index (χ2v) is 6.12. The lowest BCUT2D eigenvalue weighted by atomic mass is 9.95. The third kappa shape index (κ3) is 2.50. The molecule has 3 unspecified atom stereocenters. The van der Waals surface area contributed by atoms with Crippen LogP contribution < -0.4 is 4.74 Å². The summed E-state index contributed by atoms with van der Waals surface area (Å²) in [5.41, 5.74) is 0.974. The molecule has 2 heterocycles. The number of benzene rings is 1. The van der Waals surface area contributed by atoms with Gasteiger partial charge in [0.1, 0.15) is 5.75 Å². The van der Waals surface area contributed by atoms with E-state index in [1.807, 2.05) is 13.0 Å². The van der Waals surface area contributed by atoms with Crippen LogP contribution in [0, 0.1) is 5.92 Å². The van der Waals surface area contributed by atoms with Gasteiger partial charge in [-0.15, -0.1) is 0 Å². The summed E-state index contributed by atoms with van der Waals surface area (Å²) in [7, 11) is 0. The smallest absolute Gasteiger partial charge is 0.264 e. The van der Waals surface area contributed by atoms with Crippen molar-refractivity contribution in [3.63, 3.8) is 0 Å². The maximum absolute atomic E-state index is 12.5. The van der Waals surface area contributed by atoms with E-state index in [2.05, 4.69) is 0 Å². The molecule has 108 valence electrons.